The summed E-state index contributed by atoms with van der Waals surface area (Å²) < 4.78 is 29.8. The summed E-state index contributed by atoms with van der Waals surface area (Å²) in [6.45, 7) is 6.27. The van der Waals surface area contributed by atoms with Gasteiger partial charge in [0.15, 0.2) is 0 Å². The molecule has 1 aliphatic carbocycles. The first-order valence-electron chi connectivity index (χ1n) is 6.78. The Labute approximate surface area is 116 Å². The van der Waals surface area contributed by atoms with Gasteiger partial charge in [0, 0.05) is 0 Å². The largest absolute Gasteiger partial charge is 0.297 e. The predicted octanol–water partition coefficient (Wildman–Crippen LogP) is 3.67. The molecule has 0 aromatic heterocycles. The Morgan fingerprint density at radius 1 is 1.21 bits per heavy atom. The molecule has 0 radical (unpaired) electrons. The molecule has 0 spiro atoms. The van der Waals surface area contributed by atoms with Crippen LogP contribution in [-0.4, -0.2) is 14.5 Å². The fraction of sp³-hybridized carbons (Fsp3) is 0.600. The average molecular weight is 282 g/mol. The van der Waals surface area contributed by atoms with Gasteiger partial charge in [0.25, 0.3) is 10.1 Å². The molecule has 0 aliphatic heterocycles. The Kier molecular flexibility index (Phi) is 4.02. The Balaban J connectivity index is 2.11. The van der Waals surface area contributed by atoms with Gasteiger partial charge in [-0.05, 0) is 43.7 Å². The minimum absolute atomic E-state index is 0.172. The van der Waals surface area contributed by atoms with E-state index in [9.17, 15) is 8.42 Å². The second-order valence-electron chi connectivity index (χ2n) is 6.25. The average Bonchev–Trinajstić information content (AvgIpc) is 2.27. The van der Waals surface area contributed by atoms with E-state index in [2.05, 4.69) is 13.8 Å². The third-order valence-electron chi connectivity index (χ3n) is 3.73. The first-order valence-corrected chi connectivity index (χ1v) is 8.19. The molecule has 1 fully saturated rings. The van der Waals surface area contributed by atoms with Gasteiger partial charge >= 0.3 is 0 Å². The number of benzene rings is 1. The Morgan fingerprint density at radius 2 is 1.84 bits per heavy atom. The quantitative estimate of drug-likeness (QED) is 0.794. The highest BCUT2D eigenvalue weighted by atomic mass is 32.2. The van der Waals surface area contributed by atoms with Crippen molar-refractivity contribution in [1.29, 1.82) is 0 Å². The van der Waals surface area contributed by atoms with E-state index >= 15 is 0 Å². The van der Waals surface area contributed by atoms with E-state index in [1.54, 1.807) is 24.3 Å². The van der Waals surface area contributed by atoms with Gasteiger partial charge in [-0.15, -0.1) is 0 Å². The van der Waals surface area contributed by atoms with Crippen molar-refractivity contribution < 1.29 is 12.6 Å². The summed E-state index contributed by atoms with van der Waals surface area (Å²) in [7, 11) is -3.63. The van der Waals surface area contributed by atoms with Crippen molar-refractivity contribution in [3.05, 3.63) is 29.8 Å². The summed E-state index contributed by atoms with van der Waals surface area (Å²) in [5.41, 5.74) is 1.21. The zero-order valence-electron chi connectivity index (χ0n) is 11.8. The molecule has 1 aromatic rings. The van der Waals surface area contributed by atoms with Gasteiger partial charge in [-0.25, -0.2) is 0 Å². The molecule has 0 saturated heterocycles. The SMILES string of the molecule is Cc1ccc(S(=O)(=O)O[C@H]2CCCC(C)(C)C2)cc1. The fourth-order valence-corrected chi connectivity index (χ4v) is 3.75. The van der Waals surface area contributed by atoms with Gasteiger partial charge in [-0.2, -0.15) is 8.42 Å². The van der Waals surface area contributed by atoms with E-state index in [1.165, 1.54) is 0 Å². The zero-order valence-corrected chi connectivity index (χ0v) is 12.7. The number of rotatable bonds is 3. The predicted molar refractivity (Wildman–Crippen MR) is 75.5 cm³/mol. The lowest BCUT2D eigenvalue weighted by molar-refractivity contribution is 0.0903. The van der Waals surface area contributed by atoms with Crippen molar-refractivity contribution in [1.82, 2.24) is 0 Å². The first-order chi connectivity index (χ1) is 8.78. The van der Waals surface area contributed by atoms with Crippen molar-refractivity contribution >= 4 is 10.1 Å². The van der Waals surface area contributed by atoms with E-state index in [1.807, 2.05) is 6.92 Å². The Bertz CT molecular complexity index is 529. The number of aryl methyl sites for hydroxylation is 1. The molecular weight excluding hydrogens is 260 g/mol. The van der Waals surface area contributed by atoms with Gasteiger partial charge in [-0.3, -0.25) is 4.18 Å². The van der Waals surface area contributed by atoms with Crippen molar-refractivity contribution in [2.24, 2.45) is 5.41 Å². The van der Waals surface area contributed by atoms with E-state index in [0.717, 1.165) is 31.2 Å². The molecule has 3 nitrogen and oxygen atoms in total. The van der Waals surface area contributed by atoms with Crippen LogP contribution in [0.1, 0.15) is 45.1 Å². The Morgan fingerprint density at radius 3 is 2.42 bits per heavy atom. The van der Waals surface area contributed by atoms with E-state index in [0.29, 0.717) is 0 Å². The van der Waals surface area contributed by atoms with Crippen LogP contribution >= 0.6 is 0 Å². The maximum absolute atomic E-state index is 12.2. The monoisotopic (exact) mass is 282 g/mol. The van der Waals surface area contributed by atoms with Gasteiger partial charge in [0.2, 0.25) is 0 Å². The molecule has 1 aliphatic rings. The summed E-state index contributed by atoms with van der Waals surface area (Å²) in [6.07, 6.45) is 3.61. The lowest BCUT2D eigenvalue weighted by Crippen LogP contribution is -2.30. The second-order valence-corrected chi connectivity index (χ2v) is 7.82. The summed E-state index contributed by atoms with van der Waals surface area (Å²) in [6, 6.07) is 6.80. The van der Waals surface area contributed by atoms with E-state index < -0.39 is 10.1 Å². The van der Waals surface area contributed by atoms with Crippen molar-refractivity contribution in [3.63, 3.8) is 0 Å². The van der Waals surface area contributed by atoms with Crippen LogP contribution in [0.15, 0.2) is 29.2 Å². The highest BCUT2D eigenvalue weighted by Crippen LogP contribution is 2.37. The summed E-state index contributed by atoms with van der Waals surface area (Å²) in [4.78, 5) is 0.251. The molecule has 19 heavy (non-hydrogen) atoms. The lowest BCUT2D eigenvalue weighted by atomic mass is 9.76. The molecule has 4 heteroatoms. The van der Waals surface area contributed by atoms with Crippen LogP contribution in [0.5, 0.6) is 0 Å². The summed E-state index contributed by atoms with van der Waals surface area (Å²) >= 11 is 0. The lowest BCUT2D eigenvalue weighted by Gasteiger charge is -2.34. The van der Waals surface area contributed by atoms with Crippen LogP contribution < -0.4 is 0 Å². The summed E-state index contributed by atoms with van der Waals surface area (Å²) in [5, 5.41) is 0. The molecule has 0 N–H and O–H groups in total. The molecule has 2 rings (SSSR count). The summed E-state index contributed by atoms with van der Waals surface area (Å²) in [5.74, 6) is 0. The molecule has 0 unspecified atom stereocenters. The third-order valence-corrected chi connectivity index (χ3v) is 5.11. The molecule has 1 atom stereocenters. The molecule has 0 amide bonds. The van der Waals surface area contributed by atoms with E-state index in [4.69, 9.17) is 4.18 Å². The second kappa shape index (κ2) is 5.25. The maximum atomic E-state index is 12.2. The fourth-order valence-electron chi connectivity index (χ4n) is 2.65. The standard InChI is InChI=1S/C15H22O3S/c1-12-6-8-14(9-7-12)19(16,17)18-13-5-4-10-15(2,3)11-13/h6-9,13H,4-5,10-11H2,1-3H3/t13-/m0/s1. The van der Waals surface area contributed by atoms with Gasteiger partial charge in [0.05, 0.1) is 11.0 Å². The molecule has 1 aromatic carbocycles. The molecule has 1 saturated carbocycles. The van der Waals surface area contributed by atoms with Gasteiger partial charge in [-0.1, -0.05) is 38.0 Å². The van der Waals surface area contributed by atoms with Gasteiger partial charge in [0.1, 0.15) is 0 Å². The highest BCUT2D eigenvalue weighted by molar-refractivity contribution is 7.86. The molecule has 0 bridgehead atoms. The minimum Gasteiger partial charge on any atom is -0.263 e. The third kappa shape index (κ3) is 3.80. The Hall–Kier alpha value is -0.870. The van der Waals surface area contributed by atoms with Gasteiger partial charge < -0.3 is 0 Å². The maximum Gasteiger partial charge on any atom is 0.297 e. The van der Waals surface area contributed by atoms with Crippen LogP contribution in [-0.2, 0) is 14.3 Å². The number of hydrogen-bond acceptors (Lipinski definition) is 3. The smallest absolute Gasteiger partial charge is 0.263 e. The highest BCUT2D eigenvalue weighted by Gasteiger charge is 2.31. The van der Waals surface area contributed by atoms with Crippen LogP contribution in [0.25, 0.3) is 0 Å². The first kappa shape index (κ1) is 14.5. The van der Waals surface area contributed by atoms with Crippen LogP contribution in [0.3, 0.4) is 0 Å². The zero-order chi connectivity index (χ0) is 14.1. The van der Waals surface area contributed by atoms with Crippen molar-refractivity contribution in [3.8, 4) is 0 Å². The van der Waals surface area contributed by atoms with Crippen molar-refractivity contribution in [2.45, 2.75) is 57.5 Å². The minimum atomic E-state index is -3.63. The molecular formula is C15H22O3S. The molecule has 106 valence electrons. The van der Waals surface area contributed by atoms with Crippen LogP contribution in [0, 0.1) is 12.3 Å². The molecule has 0 heterocycles. The van der Waals surface area contributed by atoms with Crippen molar-refractivity contribution in [2.75, 3.05) is 0 Å². The van der Waals surface area contributed by atoms with Crippen LogP contribution in [0.4, 0.5) is 0 Å². The number of hydrogen-bond donors (Lipinski definition) is 0. The topological polar surface area (TPSA) is 43.4 Å². The normalized spacial score (nSPS) is 23.2. The van der Waals surface area contributed by atoms with E-state index in [-0.39, 0.29) is 16.4 Å². The van der Waals surface area contributed by atoms with Crippen LogP contribution in [0.2, 0.25) is 0 Å².